The molecule has 0 atom stereocenters. The molecule has 3 aromatic rings. The lowest BCUT2D eigenvalue weighted by molar-refractivity contribution is -0.153. The van der Waals surface area contributed by atoms with Crippen LogP contribution in [0.5, 0.6) is 5.75 Å². The highest BCUT2D eigenvalue weighted by Crippen LogP contribution is 2.27. The molecule has 9 heteroatoms. The van der Waals surface area contributed by atoms with E-state index in [1.807, 2.05) is 19.1 Å². The number of nitrogens with zero attached hydrogens (tertiary/aromatic N) is 3. The Bertz CT molecular complexity index is 849. The monoisotopic (exact) mass is 366 g/mol. The number of thiazole rings is 1. The first-order valence-corrected chi connectivity index (χ1v) is 8.08. The van der Waals surface area contributed by atoms with Crippen LogP contribution in [-0.2, 0) is 0 Å². The van der Waals surface area contributed by atoms with Crippen molar-refractivity contribution in [3.8, 4) is 17.1 Å². The third-order valence-corrected chi connectivity index (χ3v) is 3.81. The maximum Gasteiger partial charge on any atom is 0.422 e. The lowest BCUT2D eigenvalue weighted by Crippen LogP contribution is -2.19. The lowest BCUT2D eigenvalue weighted by Gasteiger charge is -2.08. The van der Waals surface area contributed by atoms with Crippen molar-refractivity contribution in [3.05, 3.63) is 47.6 Å². The predicted octanol–water partition coefficient (Wildman–Crippen LogP) is 4.59. The quantitative estimate of drug-likeness (QED) is 0.715. The molecular formula is C16H13F3N4OS. The summed E-state index contributed by atoms with van der Waals surface area (Å²) in [5, 5.41) is 5.55. The molecule has 1 N–H and O–H groups in total. The van der Waals surface area contributed by atoms with Crippen LogP contribution in [0.1, 0.15) is 5.56 Å². The van der Waals surface area contributed by atoms with Gasteiger partial charge in [-0.1, -0.05) is 0 Å². The van der Waals surface area contributed by atoms with Crippen LogP contribution in [0.2, 0.25) is 0 Å². The predicted molar refractivity (Wildman–Crippen MR) is 89.2 cm³/mol. The third-order valence-electron chi connectivity index (χ3n) is 3.06. The standard InChI is InChI=1S/C16H13F3N4OS/c1-10-4-5-20-14(6-10)23-15-22-13(8-25-15)12-3-2-11(7-21-12)24-9-16(17,18)19/h2-8H,9H2,1H3,(H,20,22,23). The van der Waals surface area contributed by atoms with Gasteiger partial charge in [0.1, 0.15) is 17.3 Å². The smallest absolute Gasteiger partial charge is 0.422 e. The van der Waals surface area contributed by atoms with Gasteiger partial charge in [-0.2, -0.15) is 13.2 Å². The number of aromatic nitrogens is 3. The fraction of sp³-hybridized carbons (Fsp3) is 0.188. The average Bonchev–Trinajstić information content (AvgIpc) is 3.01. The van der Waals surface area contributed by atoms with E-state index in [1.165, 1.54) is 23.6 Å². The molecule has 0 saturated heterocycles. The van der Waals surface area contributed by atoms with Gasteiger partial charge in [0, 0.05) is 11.6 Å². The van der Waals surface area contributed by atoms with E-state index < -0.39 is 12.8 Å². The number of nitrogens with one attached hydrogen (secondary N) is 1. The summed E-state index contributed by atoms with van der Waals surface area (Å²) in [6.45, 7) is 0.620. The van der Waals surface area contributed by atoms with Gasteiger partial charge in [0.2, 0.25) is 0 Å². The van der Waals surface area contributed by atoms with Crippen molar-refractivity contribution in [1.29, 1.82) is 0 Å². The summed E-state index contributed by atoms with van der Waals surface area (Å²) >= 11 is 1.38. The molecule has 0 saturated carbocycles. The van der Waals surface area contributed by atoms with Gasteiger partial charge < -0.3 is 10.1 Å². The largest absolute Gasteiger partial charge is 0.483 e. The number of alkyl halides is 3. The molecular weight excluding hydrogens is 353 g/mol. The van der Waals surface area contributed by atoms with E-state index in [9.17, 15) is 13.2 Å². The van der Waals surface area contributed by atoms with E-state index in [0.29, 0.717) is 22.3 Å². The minimum atomic E-state index is -4.38. The van der Waals surface area contributed by atoms with E-state index in [2.05, 4.69) is 25.0 Å². The van der Waals surface area contributed by atoms with Gasteiger partial charge in [-0.05, 0) is 36.8 Å². The molecule has 0 aliphatic carbocycles. The Hall–Kier alpha value is -2.68. The highest BCUT2D eigenvalue weighted by Gasteiger charge is 2.28. The summed E-state index contributed by atoms with van der Waals surface area (Å²) in [6.07, 6.45) is -1.43. The van der Waals surface area contributed by atoms with Gasteiger partial charge in [-0.25, -0.2) is 9.97 Å². The highest BCUT2D eigenvalue weighted by atomic mass is 32.1. The van der Waals surface area contributed by atoms with Crippen molar-refractivity contribution >= 4 is 22.3 Å². The summed E-state index contributed by atoms with van der Waals surface area (Å²) in [7, 11) is 0. The maximum absolute atomic E-state index is 12.1. The van der Waals surface area contributed by atoms with Gasteiger partial charge in [0.05, 0.1) is 11.9 Å². The van der Waals surface area contributed by atoms with Crippen LogP contribution in [0.25, 0.3) is 11.4 Å². The summed E-state index contributed by atoms with van der Waals surface area (Å²) in [6, 6.07) is 6.79. The summed E-state index contributed by atoms with van der Waals surface area (Å²) in [5.41, 5.74) is 2.23. The minimum Gasteiger partial charge on any atom is -0.483 e. The average molecular weight is 366 g/mol. The Morgan fingerprint density at radius 1 is 1.16 bits per heavy atom. The number of ether oxygens (including phenoxy) is 1. The van der Waals surface area contributed by atoms with Crippen molar-refractivity contribution in [1.82, 2.24) is 15.0 Å². The molecule has 0 aliphatic rings. The SMILES string of the molecule is Cc1ccnc(Nc2nc(-c3ccc(OCC(F)(F)F)cn3)cs2)c1. The van der Waals surface area contributed by atoms with Gasteiger partial charge in [0.15, 0.2) is 11.7 Å². The summed E-state index contributed by atoms with van der Waals surface area (Å²) in [5.74, 6) is 0.739. The van der Waals surface area contributed by atoms with Crippen molar-refractivity contribution in [2.45, 2.75) is 13.1 Å². The van der Waals surface area contributed by atoms with Crippen LogP contribution in [0, 0.1) is 6.92 Å². The molecule has 0 aromatic carbocycles. The van der Waals surface area contributed by atoms with Crippen LogP contribution in [-0.4, -0.2) is 27.7 Å². The van der Waals surface area contributed by atoms with Crippen molar-refractivity contribution in [2.75, 3.05) is 11.9 Å². The van der Waals surface area contributed by atoms with Crippen molar-refractivity contribution < 1.29 is 17.9 Å². The molecule has 3 rings (SSSR count). The van der Waals surface area contributed by atoms with Crippen LogP contribution < -0.4 is 10.1 Å². The maximum atomic E-state index is 12.1. The third kappa shape index (κ3) is 4.90. The number of anilines is 2. The van der Waals surface area contributed by atoms with E-state index in [4.69, 9.17) is 0 Å². The van der Waals surface area contributed by atoms with E-state index in [0.717, 1.165) is 5.56 Å². The van der Waals surface area contributed by atoms with E-state index >= 15 is 0 Å². The Morgan fingerprint density at radius 3 is 2.68 bits per heavy atom. The van der Waals surface area contributed by atoms with Crippen LogP contribution in [0.4, 0.5) is 24.1 Å². The van der Waals surface area contributed by atoms with Gasteiger partial charge in [-0.15, -0.1) is 11.3 Å². The minimum absolute atomic E-state index is 0.0543. The Morgan fingerprint density at radius 2 is 2.00 bits per heavy atom. The fourth-order valence-electron chi connectivity index (χ4n) is 1.95. The summed E-state index contributed by atoms with van der Waals surface area (Å²) in [4.78, 5) is 12.7. The molecule has 0 spiro atoms. The number of rotatable bonds is 5. The van der Waals surface area contributed by atoms with Crippen LogP contribution in [0.3, 0.4) is 0 Å². The van der Waals surface area contributed by atoms with E-state index in [-0.39, 0.29) is 5.75 Å². The highest BCUT2D eigenvalue weighted by molar-refractivity contribution is 7.14. The number of hydrogen-bond donors (Lipinski definition) is 1. The van der Waals surface area contributed by atoms with Crippen LogP contribution >= 0.6 is 11.3 Å². The molecule has 130 valence electrons. The number of halogens is 3. The molecule has 3 heterocycles. The number of pyridine rings is 2. The van der Waals surface area contributed by atoms with Gasteiger partial charge >= 0.3 is 6.18 Å². The zero-order chi connectivity index (χ0) is 17.9. The van der Waals surface area contributed by atoms with Crippen molar-refractivity contribution in [3.63, 3.8) is 0 Å². The second-order valence-corrected chi connectivity index (χ2v) is 6.02. The molecule has 5 nitrogen and oxygen atoms in total. The first-order valence-electron chi connectivity index (χ1n) is 7.20. The Kier molecular flexibility index (Phi) is 4.84. The normalized spacial score (nSPS) is 11.4. The summed E-state index contributed by atoms with van der Waals surface area (Å²) < 4.78 is 41.0. The van der Waals surface area contributed by atoms with Gasteiger partial charge in [-0.3, -0.25) is 4.98 Å². The zero-order valence-corrected chi connectivity index (χ0v) is 13.9. The molecule has 0 amide bonds. The second-order valence-electron chi connectivity index (χ2n) is 5.16. The fourth-order valence-corrected chi connectivity index (χ4v) is 2.66. The molecule has 0 fully saturated rings. The Labute approximate surface area is 145 Å². The van der Waals surface area contributed by atoms with Gasteiger partial charge in [0.25, 0.3) is 0 Å². The zero-order valence-electron chi connectivity index (χ0n) is 13.0. The van der Waals surface area contributed by atoms with E-state index in [1.54, 1.807) is 17.6 Å². The number of hydrogen-bond acceptors (Lipinski definition) is 6. The topological polar surface area (TPSA) is 59.9 Å². The molecule has 25 heavy (non-hydrogen) atoms. The van der Waals surface area contributed by atoms with Crippen molar-refractivity contribution in [2.24, 2.45) is 0 Å². The lowest BCUT2D eigenvalue weighted by atomic mass is 10.3. The second kappa shape index (κ2) is 7.06. The molecule has 0 bridgehead atoms. The number of aryl methyl sites for hydroxylation is 1. The van der Waals surface area contributed by atoms with Crippen LogP contribution in [0.15, 0.2) is 42.0 Å². The molecule has 0 aliphatic heterocycles. The first kappa shape index (κ1) is 17.2. The molecule has 0 unspecified atom stereocenters. The molecule has 3 aromatic heterocycles. The molecule has 0 radical (unpaired) electrons. The Balaban J connectivity index is 1.67. The first-order chi connectivity index (χ1) is 11.9.